The Bertz CT molecular complexity index is 280. The van der Waals surface area contributed by atoms with E-state index < -0.39 is 19.4 Å². The van der Waals surface area contributed by atoms with Crippen molar-refractivity contribution in [1.29, 1.82) is 0 Å². The number of carbonyl (C=O) groups excluding carboxylic acids is 1. The molecule has 0 bridgehead atoms. The van der Waals surface area contributed by atoms with Crippen molar-refractivity contribution in [2.24, 2.45) is 0 Å². The summed E-state index contributed by atoms with van der Waals surface area (Å²) >= 11 is 0. The molecule has 1 atom stereocenters. The average molecular weight is 236 g/mol. The number of ether oxygens (including phenoxy) is 1. The molecule has 5 nitrogen and oxygen atoms in total. The van der Waals surface area contributed by atoms with Crippen molar-refractivity contribution < 1.29 is 23.7 Å². The van der Waals surface area contributed by atoms with Crippen LogP contribution in [-0.2, 0) is 18.6 Å². The number of rotatable bonds is 6. The van der Waals surface area contributed by atoms with E-state index in [1.807, 2.05) is 0 Å². The second-order valence-corrected chi connectivity index (χ2v) is 6.34. The SMILES string of the molecule is C=C(C)C(=O)OCC(O)COP(C)(C)=O. The third kappa shape index (κ3) is 8.36. The lowest BCUT2D eigenvalue weighted by atomic mass is 10.3. The van der Waals surface area contributed by atoms with E-state index in [0.717, 1.165) is 0 Å². The zero-order valence-corrected chi connectivity index (χ0v) is 10.1. The second kappa shape index (κ2) is 6.05. The standard InChI is InChI=1S/C9H17O5P/c1-7(2)9(11)13-5-8(10)6-14-15(3,4)12/h8,10H,1,5-6H2,2-4H3. The Hall–Kier alpha value is -0.640. The number of aliphatic hydroxyl groups excluding tert-OH is 1. The lowest BCUT2D eigenvalue weighted by Gasteiger charge is -2.13. The van der Waals surface area contributed by atoms with Crippen LogP contribution < -0.4 is 0 Å². The van der Waals surface area contributed by atoms with Crippen LogP contribution in [0.1, 0.15) is 6.92 Å². The fourth-order valence-corrected chi connectivity index (χ4v) is 1.14. The first-order valence-corrected chi connectivity index (χ1v) is 6.94. The van der Waals surface area contributed by atoms with Gasteiger partial charge >= 0.3 is 5.97 Å². The van der Waals surface area contributed by atoms with Crippen LogP contribution in [0.25, 0.3) is 0 Å². The van der Waals surface area contributed by atoms with Crippen LogP contribution in [0.5, 0.6) is 0 Å². The van der Waals surface area contributed by atoms with Gasteiger partial charge in [0.15, 0.2) is 7.37 Å². The molecule has 0 aliphatic rings. The maximum Gasteiger partial charge on any atom is 0.333 e. The van der Waals surface area contributed by atoms with Crippen molar-refractivity contribution in [2.45, 2.75) is 13.0 Å². The fraction of sp³-hybridized carbons (Fsp3) is 0.667. The first-order valence-electron chi connectivity index (χ1n) is 4.42. The average Bonchev–Trinajstić information content (AvgIpc) is 2.09. The predicted molar refractivity (Wildman–Crippen MR) is 57.2 cm³/mol. The smallest absolute Gasteiger partial charge is 0.333 e. The number of esters is 1. The lowest BCUT2D eigenvalue weighted by molar-refractivity contribution is -0.142. The molecular formula is C9H17O5P. The molecule has 0 heterocycles. The molecule has 15 heavy (non-hydrogen) atoms. The summed E-state index contributed by atoms with van der Waals surface area (Å²) in [7, 11) is -2.60. The van der Waals surface area contributed by atoms with Gasteiger partial charge in [0.2, 0.25) is 0 Å². The van der Waals surface area contributed by atoms with E-state index in [-0.39, 0.29) is 18.8 Å². The van der Waals surface area contributed by atoms with Gasteiger partial charge < -0.3 is 14.4 Å². The summed E-state index contributed by atoms with van der Waals surface area (Å²) in [5, 5.41) is 9.29. The number of aliphatic hydroxyl groups is 1. The summed E-state index contributed by atoms with van der Waals surface area (Å²) in [6, 6.07) is 0. The van der Waals surface area contributed by atoms with E-state index in [9.17, 15) is 14.5 Å². The third-order valence-corrected chi connectivity index (χ3v) is 2.10. The highest BCUT2D eigenvalue weighted by Gasteiger charge is 2.13. The van der Waals surface area contributed by atoms with Crippen molar-refractivity contribution in [3.05, 3.63) is 12.2 Å². The molecule has 0 spiro atoms. The molecule has 0 aromatic rings. The summed E-state index contributed by atoms with van der Waals surface area (Å²) in [6.07, 6.45) is -0.971. The minimum atomic E-state index is -2.60. The van der Waals surface area contributed by atoms with Gasteiger partial charge in [0.1, 0.15) is 12.7 Å². The Morgan fingerprint density at radius 3 is 2.40 bits per heavy atom. The maximum absolute atomic E-state index is 11.1. The zero-order valence-electron chi connectivity index (χ0n) is 9.23. The van der Waals surface area contributed by atoms with Gasteiger partial charge in [-0.3, -0.25) is 4.57 Å². The summed E-state index contributed by atoms with van der Waals surface area (Å²) in [5.74, 6) is -0.565. The summed E-state index contributed by atoms with van der Waals surface area (Å²) in [5.41, 5.74) is 0.264. The van der Waals surface area contributed by atoms with Crippen LogP contribution in [0.3, 0.4) is 0 Å². The predicted octanol–water partition coefficient (Wildman–Crippen LogP) is 1.02. The molecule has 0 amide bonds. The number of carbonyl (C=O) groups is 1. The van der Waals surface area contributed by atoms with Gasteiger partial charge in [-0.2, -0.15) is 0 Å². The Morgan fingerprint density at radius 1 is 1.47 bits per heavy atom. The minimum Gasteiger partial charge on any atom is -0.460 e. The Kier molecular flexibility index (Phi) is 5.80. The van der Waals surface area contributed by atoms with Crippen LogP contribution in [0.4, 0.5) is 0 Å². The second-order valence-electron chi connectivity index (χ2n) is 3.58. The molecule has 0 fully saturated rings. The van der Waals surface area contributed by atoms with Gasteiger partial charge in [-0.25, -0.2) is 4.79 Å². The lowest BCUT2D eigenvalue weighted by Crippen LogP contribution is -2.23. The first-order chi connectivity index (χ1) is 6.72. The summed E-state index contributed by atoms with van der Waals surface area (Å²) < 4.78 is 20.7. The van der Waals surface area contributed by atoms with Crippen LogP contribution in [-0.4, -0.2) is 43.7 Å². The van der Waals surface area contributed by atoms with E-state index in [2.05, 4.69) is 11.3 Å². The van der Waals surface area contributed by atoms with E-state index in [1.165, 1.54) is 20.3 Å². The van der Waals surface area contributed by atoms with Gasteiger partial charge in [0.05, 0.1) is 6.61 Å². The molecule has 0 aliphatic carbocycles. The van der Waals surface area contributed by atoms with Crippen LogP contribution in [0.2, 0.25) is 0 Å². The summed E-state index contributed by atoms with van der Waals surface area (Å²) in [4.78, 5) is 10.9. The molecule has 1 unspecified atom stereocenters. The largest absolute Gasteiger partial charge is 0.460 e. The maximum atomic E-state index is 11.1. The topological polar surface area (TPSA) is 72.8 Å². The number of hydrogen-bond acceptors (Lipinski definition) is 5. The van der Waals surface area contributed by atoms with Crippen molar-refractivity contribution in [1.82, 2.24) is 0 Å². The Balaban J connectivity index is 3.76. The van der Waals surface area contributed by atoms with Gasteiger partial charge in [0, 0.05) is 18.9 Å². The molecule has 0 aromatic heterocycles. The van der Waals surface area contributed by atoms with Crippen LogP contribution in [0.15, 0.2) is 12.2 Å². The van der Waals surface area contributed by atoms with Gasteiger partial charge in [0.25, 0.3) is 0 Å². The third-order valence-electron chi connectivity index (χ3n) is 1.33. The zero-order chi connectivity index (χ0) is 12.1. The molecule has 1 N–H and O–H groups in total. The normalized spacial score (nSPS) is 13.3. The van der Waals surface area contributed by atoms with E-state index in [1.54, 1.807) is 0 Å². The van der Waals surface area contributed by atoms with E-state index in [0.29, 0.717) is 0 Å². The quantitative estimate of drug-likeness (QED) is 0.423. The van der Waals surface area contributed by atoms with Crippen molar-refractivity contribution in [3.63, 3.8) is 0 Å². The summed E-state index contributed by atoms with van der Waals surface area (Å²) in [6.45, 7) is 7.48. The highest BCUT2D eigenvalue weighted by Crippen LogP contribution is 2.36. The highest BCUT2D eigenvalue weighted by molar-refractivity contribution is 7.57. The molecular weight excluding hydrogens is 219 g/mol. The molecule has 0 rings (SSSR count). The van der Waals surface area contributed by atoms with Crippen LogP contribution >= 0.6 is 7.37 Å². The fourth-order valence-electron chi connectivity index (χ4n) is 0.609. The molecule has 0 aliphatic heterocycles. The Morgan fingerprint density at radius 2 is 2.00 bits per heavy atom. The van der Waals surface area contributed by atoms with Gasteiger partial charge in [-0.05, 0) is 6.92 Å². The monoisotopic (exact) mass is 236 g/mol. The molecule has 88 valence electrons. The molecule has 0 aromatic carbocycles. The minimum absolute atomic E-state index is 0.117. The van der Waals surface area contributed by atoms with Crippen molar-refractivity contribution in [2.75, 3.05) is 26.5 Å². The molecule has 0 saturated heterocycles. The highest BCUT2D eigenvalue weighted by atomic mass is 31.2. The Labute approximate surface area is 89.5 Å². The van der Waals surface area contributed by atoms with Crippen molar-refractivity contribution >= 4 is 13.3 Å². The van der Waals surface area contributed by atoms with E-state index in [4.69, 9.17) is 4.52 Å². The van der Waals surface area contributed by atoms with Crippen molar-refractivity contribution in [3.8, 4) is 0 Å². The first kappa shape index (κ1) is 14.4. The van der Waals surface area contributed by atoms with Gasteiger partial charge in [-0.1, -0.05) is 6.58 Å². The van der Waals surface area contributed by atoms with Crippen LogP contribution in [0, 0.1) is 0 Å². The molecule has 0 radical (unpaired) electrons. The van der Waals surface area contributed by atoms with Gasteiger partial charge in [-0.15, -0.1) is 0 Å². The van der Waals surface area contributed by atoms with E-state index >= 15 is 0 Å². The molecule has 0 saturated carbocycles. The number of hydrogen-bond donors (Lipinski definition) is 1. The molecule has 6 heteroatoms.